The molecular formula is C20H28N6O4. The van der Waals surface area contributed by atoms with Crippen molar-refractivity contribution in [2.45, 2.75) is 33.6 Å². The lowest BCUT2D eigenvalue weighted by molar-refractivity contribution is -0.133. The normalized spacial score (nSPS) is 16.1. The number of hydrazone groups is 1. The maximum absolute atomic E-state index is 12.5. The van der Waals surface area contributed by atoms with Crippen molar-refractivity contribution in [3.63, 3.8) is 0 Å². The summed E-state index contributed by atoms with van der Waals surface area (Å²) in [5, 5.41) is 22.4. The molecule has 30 heavy (non-hydrogen) atoms. The standard InChI is InChI=1S/C20H28N6O4/c1-6-16-14(18(27)25(23-16)12-30-22-5)10-8-13(3)9-11-15-17(7-2)24-26(19(15)28)20(29)21-4/h8-11,22,28H,6-7,12H2,1-5H3,(H,21,29). The topological polar surface area (TPSA) is 121 Å². The van der Waals surface area contributed by atoms with Gasteiger partial charge >= 0.3 is 6.03 Å². The Bertz CT molecular complexity index is 926. The maximum Gasteiger partial charge on any atom is 0.345 e. The summed E-state index contributed by atoms with van der Waals surface area (Å²) >= 11 is 0. The Morgan fingerprint density at radius 3 is 2.60 bits per heavy atom. The molecule has 2 amide bonds. The average Bonchev–Trinajstić information content (AvgIpc) is 3.24. The third-order valence-electron chi connectivity index (χ3n) is 4.42. The second-order valence-electron chi connectivity index (χ2n) is 6.41. The number of allylic oxidation sites excluding steroid dienone is 4. The number of amides is 2. The number of hydrogen-bond donors (Lipinski definition) is 3. The number of hydrogen-bond acceptors (Lipinski definition) is 7. The number of aryl methyl sites for hydroxylation is 1. The van der Waals surface area contributed by atoms with Crippen LogP contribution in [0.25, 0.3) is 6.08 Å². The van der Waals surface area contributed by atoms with E-state index in [9.17, 15) is 14.7 Å². The Morgan fingerprint density at radius 1 is 1.27 bits per heavy atom. The molecule has 162 valence electrons. The van der Waals surface area contributed by atoms with Gasteiger partial charge in [0.1, 0.15) is 0 Å². The molecule has 1 aromatic heterocycles. The molecule has 1 aliphatic heterocycles. The molecule has 2 rings (SSSR count). The highest BCUT2D eigenvalue weighted by molar-refractivity contribution is 6.24. The fourth-order valence-electron chi connectivity index (χ4n) is 2.78. The Balaban J connectivity index is 2.24. The van der Waals surface area contributed by atoms with E-state index in [1.54, 1.807) is 31.4 Å². The van der Waals surface area contributed by atoms with E-state index in [1.807, 2.05) is 20.8 Å². The van der Waals surface area contributed by atoms with Crippen molar-refractivity contribution in [3.8, 4) is 5.88 Å². The lowest BCUT2D eigenvalue weighted by Gasteiger charge is -2.10. The third-order valence-corrected chi connectivity index (χ3v) is 4.42. The molecule has 0 saturated carbocycles. The highest BCUT2D eigenvalue weighted by Crippen LogP contribution is 2.24. The first kappa shape index (κ1) is 23.0. The summed E-state index contributed by atoms with van der Waals surface area (Å²) in [5.74, 6) is -0.451. The summed E-state index contributed by atoms with van der Waals surface area (Å²) in [6.45, 7) is 5.70. The highest BCUT2D eigenvalue weighted by Gasteiger charge is 2.28. The van der Waals surface area contributed by atoms with Crippen molar-refractivity contribution in [2.75, 3.05) is 20.8 Å². The van der Waals surface area contributed by atoms with Gasteiger partial charge < -0.3 is 10.4 Å². The van der Waals surface area contributed by atoms with Gasteiger partial charge in [-0.1, -0.05) is 31.6 Å². The van der Waals surface area contributed by atoms with Crippen LogP contribution in [-0.2, 0) is 16.1 Å². The number of carbonyl (C=O) groups is 2. The Labute approximate surface area is 175 Å². The quantitative estimate of drug-likeness (QED) is 0.338. The zero-order chi connectivity index (χ0) is 22.3. The highest BCUT2D eigenvalue weighted by atomic mass is 16.7. The number of hydroxylamine groups is 1. The van der Waals surface area contributed by atoms with Crippen molar-refractivity contribution >= 4 is 23.7 Å². The summed E-state index contributed by atoms with van der Waals surface area (Å²) < 4.78 is 0.933. The van der Waals surface area contributed by atoms with E-state index < -0.39 is 6.03 Å². The monoisotopic (exact) mass is 416 g/mol. The van der Waals surface area contributed by atoms with Gasteiger partial charge in [0.05, 0.1) is 22.5 Å². The number of aromatic nitrogens is 2. The molecule has 0 radical (unpaired) electrons. The van der Waals surface area contributed by atoms with E-state index in [1.165, 1.54) is 12.1 Å². The number of nitrogens with zero attached hydrogens (tertiary/aromatic N) is 4. The minimum absolute atomic E-state index is 0.0210. The van der Waals surface area contributed by atoms with Crippen LogP contribution >= 0.6 is 0 Å². The van der Waals surface area contributed by atoms with E-state index in [0.717, 1.165) is 10.3 Å². The van der Waals surface area contributed by atoms with Crippen molar-refractivity contribution in [3.05, 3.63) is 40.6 Å². The lowest BCUT2D eigenvalue weighted by Crippen LogP contribution is -2.27. The van der Waals surface area contributed by atoms with Crippen LogP contribution in [-0.4, -0.2) is 58.4 Å². The van der Waals surface area contributed by atoms with Crippen LogP contribution in [0.1, 0.15) is 38.4 Å². The minimum atomic E-state index is -0.517. The second-order valence-corrected chi connectivity index (χ2v) is 6.41. The molecule has 0 spiro atoms. The molecule has 0 saturated heterocycles. The first-order chi connectivity index (χ1) is 14.4. The van der Waals surface area contributed by atoms with Crippen LogP contribution in [0, 0.1) is 0 Å². The molecule has 10 heteroatoms. The molecule has 1 aromatic rings. The van der Waals surface area contributed by atoms with Crippen LogP contribution in [0.15, 0.2) is 34.5 Å². The minimum Gasteiger partial charge on any atom is -0.493 e. The molecule has 10 nitrogen and oxygen atoms in total. The first-order valence-electron chi connectivity index (χ1n) is 9.65. The third kappa shape index (κ3) is 5.02. The number of nitrogens with one attached hydrogen (secondary N) is 2. The summed E-state index contributed by atoms with van der Waals surface area (Å²) in [7, 11) is 3.08. The summed E-state index contributed by atoms with van der Waals surface area (Å²) in [6, 6.07) is -0.517. The van der Waals surface area contributed by atoms with Crippen LogP contribution in [0.5, 0.6) is 5.88 Å². The van der Waals surface area contributed by atoms with Gasteiger partial charge in [-0.15, -0.1) is 4.68 Å². The molecule has 2 heterocycles. The molecule has 0 fully saturated rings. The van der Waals surface area contributed by atoms with Crippen molar-refractivity contribution in [2.24, 2.45) is 5.10 Å². The van der Waals surface area contributed by atoms with Crippen LogP contribution in [0.4, 0.5) is 4.79 Å². The van der Waals surface area contributed by atoms with Gasteiger partial charge in [0.15, 0.2) is 6.73 Å². The first-order valence-corrected chi connectivity index (χ1v) is 9.65. The largest absolute Gasteiger partial charge is 0.493 e. The predicted octanol–water partition coefficient (Wildman–Crippen LogP) is 1.94. The molecule has 3 N–H and O–H groups in total. The average molecular weight is 416 g/mol. The van der Waals surface area contributed by atoms with E-state index >= 15 is 0 Å². The molecule has 0 bridgehead atoms. The van der Waals surface area contributed by atoms with Gasteiger partial charge in [0.25, 0.3) is 5.91 Å². The van der Waals surface area contributed by atoms with Crippen molar-refractivity contribution < 1.29 is 19.5 Å². The van der Waals surface area contributed by atoms with Crippen LogP contribution in [0.3, 0.4) is 0 Å². The molecule has 0 aromatic carbocycles. The van der Waals surface area contributed by atoms with Gasteiger partial charge in [-0.05, 0) is 31.9 Å². The zero-order valence-electron chi connectivity index (χ0n) is 17.9. The van der Waals surface area contributed by atoms with Gasteiger partial charge in [-0.3, -0.25) is 9.63 Å². The Hall–Kier alpha value is -3.24. The van der Waals surface area contributed by atoms with Gasteiger partial charge in [0, 0.05) is 14.1 Å². The molecular weight excluding hydrogens is 388 g/mol. The van der Waals surface area contributed by atoms with Gasteiger partial charge in [0.2, 0.25) is 5.88 Å². The van der Waals surface area contributed by atoms with E-state index in [2.05, 4.69) is 21.0 Å². The number of carbonyl (C=O) groups excluding carboxylic acids is 2. The van der Waals surface area contributed by atoms with E-state index in [-0.39, 0.29) is 18.5 Å². The Morgan fingerprint density at radius 2 is 2.00 bits per heavy atom. The smallest absolute Gasteiger partial charge is 0.345 e. The molecule has 1 aliphatic rings. The van der Waals surface area contributed by atoms with Gasteiger partial charge in [-0.2, -0.15) is 10.2 Å². The predicted molar refractivity (Wildman–Crippen MR) is 114 cm³/mol. The second kappa shape index (κ2) is 10.5. The fourth-order valence-corrected chi connectivity index (χ4v) is 2.78. The zero-order valence-corrected chi connectivity index (χ0v) is 17.9. The lowest BCUT2D eigenvalue weighted by atomic mass is 10.1. The van der Waals surface area contributed by atoms with E-state index in [0.29, 0.717) is 35.4 Å². The number of rotatable bonds is 8. The fraction of sp³-hybridized carbons (Fsp3) is 0.400. The SMILES string of the molecule is CCC1=NN(CONC)C(=O)C1=CC=C(C)C=Cc1c(CC)nn(C(=O)NC)c1O. The molecule has 0 aliphatic carbocycles. The van der Waals surface area contributed by atoms with Crippen molar-refractivity contribution in [1.82, 2.24) is 25.6 Å². The molecule has 0 atom stereocenters. The summed E-state index contributed by atoms with van der Waals surface area (Å²) in [5.41, 5.74) is 5.63. The Kier molecular flexibility index (Phi) is 8.07. The van der Waals surface area contributed by atoms with E-state index in [4.69, 9.17) is 4.84 Å². The van der Waals surface area contributed by atoms with Crippen molar-refractivity contribution in [1.29, 1.82) is 0 Å². The van der Waals surface area contributed by atoms with Crippen LogP contribution < -0.4 is 10.8 Å². The maximum atomic E-state index is 12.5. The number of aromatic hydroxyl groups is 1. The molecule has 0 unspecified atom stereocenters. The van der Waals surface area contributed by atoms with Gasteiger partial charge in [-0.25, -0.2) is 15.3 Å². The van der Waals surface area contributed by atoms with Crippen LogP contribution in [0.2, 0.25) is 0 Å². The summed E-state index contributed by atoms with van der Waals surface area (Å²) in [6.07, 6.45) is 8.16. The summed E-state index contributed by atoms with van der Waals surface area (Å²) in [4.78, 5) is 29.3.